The molecule has 0 bridgehead atoms. The third-order valence-corrected chi connectivity index (χ3v) is 5.98. The van der Waals surface area contributed by atoms with Crippen LogP contribution in [0.1, 0.15) is 30.7 Å². The fourth-order valence-corrected chi connectivity index (χ4v) is 4.32. The molecule has 1 aromatic carbocycles. The molecule has 144 valence electrons. The fraction of sp³-hybridized carbons (Fsp3) is 0.500. The Hall–Kier alpha value is -2.54. The van der Waals surface area contributed by atoms with Crippen molar-refractivity contribution in [3.8, 4) is 0 Å². The molecule has 0 radical (unpaired) electrons. The second kappa shape index (κ2) is 6.56. The Morgan fingerprint density at radius 3 is 2.74 bits per heavy atom. The summed E-state index contributed by atoms with van der Waals surface area (Å²) in [7, 11) is 2.12. The number of piperazine rings is 1. The lowest BCUT2D eigenvalue weighted by molar-refractivity contribution is 0.0611. The molecule has 2 aliphatic heterocycles. The summed E-state index contributed by atoms with van der Waals surface area (Å²) in [6.45, 7) is 7.12. The summed E-state index contributed by atoms with van der Waals surface area (Å²) in [4.78, 5) is 19.8. The van der Waals surface area contributed by atoms with Crippen molar-refractivity contribution in [1.82, 2.24) is 24.9 Å². The first kappa shape index (κ1) is 17.9. The van der Waals surface area contributed by atoms with Crippen LogP contribution in [0.4, 0.5) is 10.6 Å². The van der Waals surface area contributed by atoms with E-state index in [1.807, 2.05) is 15.9 Å². The quantitative estimate of drug-likeness (QED) is 0.850. The Labute approximate surface area is 160 Å². The van der Waals surface area contributed by atoms with Crippen LogP contribution in [0.2, 0.25) is 0 Å². The van der Waals surface area contributed by atoms with Crippen LogP contribution in [0, 0.1) is 0 Å². The molecule has 3 N–H and O–H groups in total. The maximum Gasteiger partial charge on any atom is 0.321 e. The lowest BCUT2D eigenvalue weighted by Crippen LogP contribution is -2.59. The standard InChI is InChI=1S/C20H28N6O/c1-20(2)17-16(18(21)23-22-17)13-26(20)19(27)25-10-9-24(3)12-15(25)11-14-7-5-4-6-8-14/h4-8,15H,9-13H2,1-3H3,(H3,21,22,23)/t15-/m0/s1. The number of hydrogen-bond donors (Lipinski definition) is 2. The summed E-state index contributed by atoms with van der Waals surface area (Å²) >= 11 is 0. The summed E-state index contributed by atoms with van der Waals surface area (Å²) in [5.41, 5.74) is 8.71. The molecule has 4 rings (SSSR count). The molecule has 0 aliphatic carbocycles. The molecule has 2 aliphatic rings. The lowest BCUT2D eigenvalue weighted by atomic mass is 10.00. The van der Waals surface area contributed by atoms with Gasteiger partial charge in [-0.05, 0) is 32.9 Å². The van der Waals surface area contributed by atoms with E-state index in [4.69, 9.17) is 5.73 Å². The van der Waals surface area contributed by atoms with Gasteiger partial charge in [-0.2, -0.15) is 5.10 Å². The van der Waals surface area contributed by atoms with Gasteiger partial charge < -0.3 is 20.4 Å². The van der Waals surface area contributed by atoms with Crippen molar-refractivity contribution >= 4 is 11.8 Å². The van der Waals surface area contributed by atoms with E-state index in [1.165, 1.54) is 5.56 Å². The molecule has 2 aromatic rings. The lowest BCUT2D eigenvalue weighted by Gasteiger charge is -2.44. The van der Waals surface area contributed by atoms with E-state index >= 15 is 0 Å². The highest BCUT2D eigenvalue weighted by Gasteiger charge is 2.46. The number of aromatic amines is 1. The van der Waals surface area contributed by atoms with Crippen molar-refractivity contribution < 1.29 is 4.79 Å². The smallest absolute Gasteiger partial charge is 0.321 e. The van der Waals surface area contributed by atoms with Crippen LogP contribution < -0.4 is 5.73 Å². The Kier molecular flexibility index (Phi) is 4.34. The second-order valence-corrected chi connectivity index (χ2v) is 8.19. The van der Waals surface area contributed by atoms with Crippen molar-refractivity contribution in [2.75, 3.05) is 32.4 Å². The third kappa shape index (κ3) is 3.06. The maximum atomic E-state index is 13.6. The molecular weight excluding hydrogens is 340 g/mol. The molecule has 1 atom stereocenters. The highest BCUT2D eigenvalue weighted by atomic mass is 16.2. The van der Waals surface area contributed by atoms with Gasteiger partial charge in [0.1, 0.15) is 0 Å². The van der Waals surface area contributed by atoms with E-state index in [-0.39, 0.29) is 12.1 Å². The van der Waals surface area contributed by atoms with E-state index < -0.39 is 5.54 Å². The van der Waals surface area contributed by atoms with Gasteiger partial charge in [-0.3, -0.25) is 5.10 Å². The Morgan fingerprint density at radius 1 is 1.30 bits per heavy atom. The first-order chi connectivity index (χ1) is 12.9. The summed E-state index contributed by atoms with van der Waals surface area (Å²) in [6, 6.07) is 10.6. The number of nitrogens with one attached hydrogen (secondary N) is 1. The number of benzene rings is 1. The molecule has 2 amide bonds. The van der Waals surface area contributed by atoms with Crippen molar-refractivity contribution in [1.29, 1.82) is 0 Å². The Morgan fingerprint density at radius 2 is 2.04 bits per heavy atom. The van der Waals surface area contributed by atoms with Gasteiger partial charge in [-0.15, -0.1) is 0 Å². The molecular formula is C20H28N6O. The average Bonchev–Trinajstić information content (AvgIpc) is 3.13. The number of H-pyrrole nitrogens is 1. The minimum Gasteiger partial charge on any atom is -0.382 e. The number of nitrogen functional groups attached to an aromatic ring is 1. The number of carbonyl (C=O) groups excluding carboxylic acids is 1. The number of fused-ring (bicyclic) bond motifs is 1. The SMILES string of the molecule is CN1CCN(C(=O)N2Cc3c(N)n[nH]c3C2(C)C)[C@@H](Cc2ccccc2)C1. The molecule has 1 fully saturated rings. The van der Waals surface area contributed by atoms with E-state index in [9.17, 15) is 4.79 Å². The van der Waals surface area contributed by atoms with Gasteiger partial charge in [0.25, 0.3) is 0 Å². The number of nitrogens with two attached hydrogens (primary N) is 1. The molecule has 27 heavy (non-hydrogen) atoms. The number of nitrogens with zero attached hydrogens (tertiary/aromatic N) is 4. The summed E-state index contributed by atoms with van der Waals surface area (Å²) in [5, 5.41) is 7.14. The number of carbonyl (C=O) groups is 1. The predicted molar refractivity (Wildman–Crippen MR) is 105 cm³/mol. The zero-order valence-electron chi connectivity index (χ0n) is 16.3. The minimum absolute atomic E-state index is 0.0815. The summed E-state index contributed by atoms with van der Waals surface area (Å²) in [5.74, 6) is 0.493. The predicted octanol–water partition coefficient (Wildman–Crippen LogP) is 2.02. The molecule has 7 nitrogen and oxygen atoms in total. The van der Waals surface area contributed by atoms with E-state index in [1.54, 1.807) is 0 Å². The Balaban J connectivity index is 1.58. The van der Waals surface area contributed by atoms with Crippen molar-refractivity contribution in [3.05, 3.63) is 47.2 Å². The minimum atomic E-state index is -0.447. The zero-order valence-corrected chi connectivity index (χ0v) is 16.3. The summed E-state index contributed by atoms with van der Waals surface area (Å²) in [6.07, 6.45) is 0.861. The van der Waals surface area contributed by atoms with Gasteiger partial charge in [0.15, 0.2) is 5.82 Å². The van der Waals surface area contributed by atoms with Crippen LogP contribution in [0.25, 0.3) is 0 Å². The molecule has 0 spiro atoms. The van der Waals surface area contributed by atoms with Crippen LogP contribution in [0.5, 0.6) is 0 Å². The molecule has 7 heteroatoms. The van der Waals surface area contributed by atoms with Crippen molar-refractivity contribution in [2.45, 2.75) is 38.4 Å². The highest BCUT2D eigenvalue weighted by Crippen LogP contribution is 2.40. The molecule has 3 heterocycles. The van der Waals surface area contributed by atoms with Crippen LogP contribution >= 0.6 is 0 Å². The number of hydrogen-bond acceptors (Lipinski definition) is 4. The number of urea groups is 1. The van der Waals surface area contributed by atoms with Gasteiger partial charge in [0.05, 0.1) is 23.8 Å². The number of likely N-dealkylation sites (N-methyl/N-ethyl adjacent to an activating group) is 1. The number of aromatic nitrogens is 2. The van der Waals surface area contributed by atoms with Gasteiger partial charge >= 0.3 is 6.03 Å². The van der Waals surface area contributed by atoms with E-state index in [0.29, 0.717) is 12.4 Å². The highest BCUT2D eigenvalue weighted by molar-refractivity contribution is 5.77. The zero-order chi connectivity index (χ0) is 19.2. The van der Waals surface area contributed by atoms with Crippen LogP contribution in [-0.2, 0) is 18.5 Å². The normalized spacial score (nSPS) is 22.1. The van der Waals surface area contributed by atoms with Crippen molar-refractivity contribution in [3.63, 3.8) is 0 Å². The fourth-order valence-electron chi connectivity index (χ4n) is 4.32. The second-order valence-electron chi connectivity index (χ2n) is 8.19. The topological polar surface area (TPSA) is 81.5 Å². The van der Waals surface area contributed by atoms with Crippen LogP contribution in [0.3, 0.4) is 0 Å². The molecule has 1 saturated heterocycles. The number of rotatable bonds is 2. The molecule has 0 saturated carbocycles. The van der Waals surface area contributed by atoms with Crippen LogP contribution in [-0.4, -0.2) is 63.7 Å². The van der Waals surface area contributed by atoms with Crippen molar-refractivity contribution in [2.24, 2.45) is 0 Å². The maximum absolute atomic E-state index is 13.6. The van der Waals surface area contributed by atoms with E-state index in [0.717, 1.165) is 37.3 Å². The van der Waals surface area contributed by atoms with Crippen LogP contribution in [0.15, 0.2) is 30.3 Å². The van der Waals surface area contributed by atoms with E-state index in [2.05, 4.69) is 60.3 Å². The van der Waals surface area contributed by atoms with Gasteiger partial charge in [0, 0.05) is 25.2 Å². The first-order valence-corrected chi connectivity index (χ1v) is 9.52. The number of amides is 2. The summed E-state index contributed by atoms with van der Waals surface area (Å²) < 4.78 is 0. The molecule has 1 aromatic heterocycles. The Bertz CT molecular complexity index is 830. The van der Waals surface area contributed by atoms with Gasteiger partial charge in [-0.1, -0.05) is 30.3 Å². The first-order valence-electron chi connectivity index (χ1n) is 9.52. The van der Waals surface area contributed by atoms with Gasteiger partial charge in [-0.25, -0.2) is 4.79 Å². The van der Waals surface area contributed by atoms with Gasteiger partial charge in [0.2, 0.25) is 0 Å². The molecule has 0 unspecified atom stereocenters. The number of anilines is 1. The third-order valence-electron chi connectivity index (χ3n) is 5.98. The average molecular weight is 368 g/mol. The monoisotopic (exact) mass is 368 g/mol. The largest absolute Gasteiger partial charge is 0.382 e.